The highest BCUT2D eigenvalue weighted by Crippen LogP contribution is 2.27. The highest BCUT2D eigenvalue weighted by atomic mass is 15.0. The zero-order valence-corrected chi connectivity index (χ0v) is 7.96. The van der Waals surface area contributed by atoms with Crippen LogP contribution in [0.2, 0.25) is 0 Å². The van der Waals surface area contributed by atoms with Crippen LogP contribution < -0.4 is 11.1 Å². The van der Waals surface area contributed by atoms with Gasteiger partial charge in [-0.25, -0.2) is 0 Å². The van der Waals surface area contributed by atoms with E-state index in [1.165, 1.54) is 22.4 Å². The molecule has 68 valence electrons. The van der Waals surface area contributed by atoms with Crippen LogP contribution in [0.4, 0.5) is 5.69 Å². The van der Waals surface area contributed by atoms with Gasteiger partial charge in [-0.3, -0.25) is 0 Å². The summed E-state index contributed by atoms with van der Waals surface area (Å²) in [5.74, 6) is 0. The van der Waals surface area contributed by atoms with Crippen molar-refractivity contribution in [3.05, 3.63) is 34.9 Å². The van der Waals surface area contributed by atoms with E-state index in [1.807, 2.05) is 6.92 Å². The molecule has 0 aliphatic carbocycles. The second kappa shape index (κ2) is 2.89. The zero-order valence-electron chi connectivity index (χ0n) is 7.96. The molecule has 0 bridgehead atoms. The van der Waals surface area contributed by atoms with Crippen LogP contribution in [0.25, 0.3) is 6.08 Å². The smallest absolute Gasteiger partial charge is 0.0966 e. The molecule has 13 heavy (non-hydrogen) atoms. The molecular formula is C11H14N2. The SMILES string of the molecule is CC1=Cc2cccc(C)c2NC1N. The van der Waals surface area contributed by atoms with E-state index in [4.69, 9.17) is 5.73 Å². The van der Waals surface area contributed by atoms with Crippen molar-refractivity contribution in [3.63, 3.8) is 0 Å². The van der Waals surface area contributed by atoms with Gasteiger partial charge >= 0.3 is 0 Å². The molecule has 1 aromatic carbocycles. The van der Waals surface area contributed by atoms with E-state index >= 15 is 0 Å². The second-order valence-electron chi connectivity index (χ2n) is 3.55. The van der Waals surface area contributed by atoms with E-state index in [0.29, 0.717) is 0 Å². The highest BCUT2D eigenvalue weighted by molar-refractivity contribution is 5.75. The van der Waals surface area contributed by atoms with E-state index in [2.05, 4.69) is 36.5 Å². The van der Waals surface area contributed by atoms with Crippen molar-refractivity contribution in [1.82, 2.24) is 0 Å². The number of aryl methyl sites for hydroxylation is 1. The van der Waals surface area contributed by atoms with Crippen molar-refractivity contribution in [2.45, 2.75) is 20.0 Å². The van der Waals surface area contributed by atoms with Gasteiger partial charge in [0.2, 0.25) is 0 Å². The maximum Gasteiger partial charge on any atom is 0.0966 e. The molecule has 0 saturated heterocycles. The highest BCUT2D eigenvalue weighted by Gasteiger charge is 2.14. The lowest BCUT2D eigenvalue weighted by Crippen LogP contribution is -2.33. The van der Waals surface area contributed by atoms with Gasteiger partial charge in [-0.15, -0.1) is 0 Å². The Bertz CT molecular complexity index is 366. The van der Waals surface area contributed by atoms with Crippen molar-refractivity contribution < 1.29 is 0 Å². The van der Waals surface area contributed by atoms with Gasteiger partial charge in [-0.05, 0) is 30.5 Å². The number of nitrogens with one attached hydrogen (secondary N) is 1. The number of benzene rings is 1. The number of fused-ring (bicyclic) bond motifs is 1. The summed E-state index contributed by atoms with van der Waals surface area (Å²) >= 11 is 0. The first kappa shape index (κ1) is 8.32. The second-order valence-corrected chi connectivity index (χ2v) is 3.55. The minimum atomic E-state index is -0.0337. The first-order valence-electron chi connectivity index (χ1n) is 4.48. The fourth-order valence-corrected chi connectivity index (χ4v) is 1.61. The van der Waals surface area contributed by atoms with Gasteiger partial charge in [0.25, 0.3) is 0 Å². The van der Waals surface area contributed by atoms with Crippen LogP contribution in [0.15, 0.2) is 23.8 Å². The van der Waals surface area contributed by atoms with Crippen molar-refractivity contribution in [2.75, 3.05) is 5.32 Å². The van der Waals surface area contributed by atoms with Crippen molar-refractivity contribution in [1.29, 1.82) is 0 Å². The predicted octanol–water partition coefficient (Wildman–Crippen LogP) is 2.11. The third kappa shape index (κ3) is 1.33. The molecule has 1 heterocycles. The monoisotopic (exact) mass is 174 g/mol. The Kier molecular flexibility index (Phi) is 1.85. The van der Waals surface area contributed by atoms with E-state index in [0.717, 1.165) is 0 Å². The summed E-state index contributed by atoms with van der Waals surface area (Å²) in [5.41, 5.74) is 10.7. The molecule has 1 aliphatic heterocycles. The largest absolute Gasteiger partial charge is 0.366 e. The van der Waals surface area contributed by atoms with Crippen molar-refractivity contribution in [3.8, 4) is 0 Å². The number of hydrogen-bond acceptors (Lipinski definition) is 2. The molecular weight excluding hydrogens is 160 g/mol. The standard InChI is InChI=1S/C11H14N2/c1-7-4-3-5-9-6-8(2)11(12)13-10(7)9/h3-6,11,13H,12H2,1-2H3. The fourth-order valence-electron chi connectivity index (χ4n) is 1.61. The van der Waals surface area contributed by atoms with Crippen LogP contribution in [-0.4, -0.2) is 6.17 Å². The molecule has 1 aromatic rings. The fraction of sp³-hybridized carbons (Fsp3) is 0.273. The number of rotatable bonds is 0. The van der Waals surface area contributed by atoms with E-state index in [1.54, 1.807) is 0 Å². The molecule has 2 nitrogen and oxygen atoms in total. The molecule has 0 radical (unpaired) electrons. The zero-order chi connectivity index (χ0) is 9.42. The molecule has 2 heteroatoms. The maximum absolute atomic E-state index is 5.88. The third-order valence-corrected chi connectivity index (χ3v) is 2.48. The topological polar surface area (TPSA) is 38.0 Å². The molecule has 0 saturated carbocycles. The first-order valence-corrected chi connectivity index (χ1v) is 4.48. The maximum atomic E-state index is 5.88. The molecule has 2 rings (SSSR count). The molecule has 3 N–H and O–H groups in total. The summed E-state index contributed by atoms with van der Waals surface area (Å²) in [7, 11) is 0. The Balaban J connectivity index is 2.56. The van der Waals surface area contributed by atoms with Crippen LogP contribution in [0, 0.1) is 6.92 Å². The Labute approximate surface area is 78.5 Å². The molecule has 1 atom stereocenters. The molecule has 1 unspecified atom stereocenters. The van der Waals surface area contributed by atoms with Gasteiger partial charge in [0.1, 0.15) is 0 Å². The van der Waals surface area contributed by atoms with Crippen LogP contribution in [0.1, 0.15) is 18.1 Å². The summed E-state index contributed by atoms with van der Waals surface area (Å²) in [4.78, 5) is 0. The Morgan fingerprint density at radius 3 is 2.85 bits per heavy atom. The summed E-state index contributed by atoms with van der Waals surface area (Å²) in [5, 5.41) is 3.29. The van der Waals surface area contributed by atoms with E-state index < -0.39 is 0 Å². The van der Waals surface area contributed by atoms with Gasteiger partial charge in [0, 0.05) is 5.69 Å². The van der Waals surface area contributed by atoms with Gasteiger partial charge in [0.15, 0.2) is 0 Å². The predicted molar refractivity (Wildman–Crippen MR) is 56.4 cm³/mol. The lowest BCUT2D eigenvalue weighted by Gasteiger charge is -2.24. The van der Waals surface area contributed by atoms with Gasteiger partial charge in [0.05, 0.1) is 6.17 Å². The summed E-state index contributed by atoms with van der Waals surface area (Å²) in [6.07, 6.45) is 2.11. The lowest BCUT2D eigenvalue weighted by atomic mass is 10.0. The Morgan fingerprint density at radius 2 is 2.08 bits per heavy atom. The minimum absolute atomic E-state index is 0.0337. The normalized spacial score (nSPS) is 20.2. The molecule has 0 fully saturated rings. The summed E-state index contributed by atoms with van der Waals surface area (Å²) in [6.45, 7) is 4.13. The minimum Gasteiger partial charge on any atom is -0.366 e. The summed E-state index contributed by atoms with van der Waals surface area (Å²) in [6, 6.07) is 6.26. The average molecular weight is 174 g/mol. The first-order chi connectivity index (χ1) is 6.18. The molecule has 0 amide bonds. The molecule has 0 spiro atoms. The molecule has 1 aliphatic rings. The van der Waals surface area contributed by atoms with Crippen molar-refractivity contribution in [2.24, 2.45) is 5.73 Å². The molecule has 0 aromatic heterocycles. The average Bonchev–Trinajstić information content (AvgIpc) is 2.09. The number of hydrogen-bond donors (Lipinski definition) is 2. The van der Waals surface area contributed by atoms with Gasteiger partial charge in [-0.2, -0.15) is 0 Å². The number of para-hydroxylation sites is 1. The summed E-state index contributed by atoms with van der Waals surface area (Å²) < 4.78 is 0. The number of nitrogens with two attached hydrogens (primary N) is 1. The van der Waals surface area contributed by atoms with E-state index in [9.17, 15) is 0 Å². The lowest BCUT2D eigenvalue weighted by molar-refractivity contribution is 0.873. The van der Waals surface area contributed by atoms with Crippen LogP contribution in [0.5, 0.6) is 0 Å². The van der Waals surface area contributed by atoms with Crippen LogP contribution in [-0.2, 0) is 0 Å². The quantitative estimate of drug-likeness (QED) is 0.632. The Hall–Kier alpha value is -1.28. The van der Waals surface area contributed by atoms with Crippen LogP contribution in [0.3, 0.4) is 0 Å². The van der Waals surface area contributed by atoms with Crippen LogP contribution >= 0.6 is 0 Å². The van der Waals surface area contributed by atoms with Gasteiger partial charge in [-0.1, -0.05) is 24.3 Å². The van der Waals surface area contributed by atoms with E-state index in [-0.39, 0.29) is 6.17 Å². The van der Waals surface area contributed by atoms with Crippen molar-refractivity contribution >= 4 is 11.8 Å². The number of anilines is 1. The third-order valence-electron chi connectivity index (χ3n) is 2.48. The Morgan fingerprint density at radius 1 is 1.31 bits per heavy atom. The van der Waals surface area contributed by atoms with Gasteiger partial charge < -0.3 is 11.1 Å².